The normalized spacial score (nSPS) is 4.06. The molecule has 12 amide bonds. The summed E-state index contributed by atoms with van der Waals surface area (Å²) in [6, 6.07) is 0. The molecule has 0 aliphatic carbocycles. The van der Waals surface area contributed by atoms with Crippen LogP contribution in [0.3, 0.4) is 0 Å². The number of rotatable bonds is 12. The monoisotopic (exact) mass is 3870 g/mol. The molecule has 0 aromatic heterocycles. The van der Waals surface area contributed by atoms with Crippen LogP contribution in [0.4, 0.5) is 0 Å². The van der Waals surface area contributed by atoms with Crippen molar-refractivity contribution < 1.29 is 560 Å². The van der Waals surface area contributed by atoms with Gasteiger partial charge in [0.1, 0.15) is 0 Å². The van der Waals surface area contributed by atoms with Crippen LogP contribution in [0, 0.1) is 0 Å². The van der Waals surface area contributed by atoms with Crippen LogP contribution in [0.2, 0.25) is 0 Å². The van der Waals surface area contributed by atoms with Crippen molar-refractivity contribution in [3.63, 3.8) is 0 Å². The average Bonchev–Trinajstić information content (AvgIpc) is 3.22. The van der Waals surface area contributed by atoms with Gasteiger partial charge < -0.3 is 275 Å². The van der Waals surface area contributed by atoms with E-state index < -0.39 is 7.82 Å². The summed E-state index contributed by atoms with van der Waals surface area (Å²) in [5, 5.41) is 0. The largest absolute Gasteiger partial charge is 3.00 e. The fraction of sp³-hybridized carbons (Fsp3) is 0.667. The standard InChI is InChI=1S/12C3H7NO.2Co.H3O4P.36O.12W/c12*1-4(2)3-5;;;1-5(2,3)4;;;;;;;;;;;;;;;;;;;;;;;;;;;;;;;;;;;;;;;;;;;;;;;;/h12*3H,1-2H3;;;(H3,1,2,3,4);;;;;;;;;;;;;;;;;;;;;;;;;;;;;;;;;;;;;;;;;;;;;;;;/q;;;;;;;;;;;;2*+3;;36*-2;;;;;;;;;;;;/p-3. The maximum absolute atomic E-state index is 9.43. The summed E-state index contributed by atoms with van der Waals surface area (Å²) in [6.45, 7) is 0. The summed E-state index contributed by atoms with van der Waals surface area (Å²) in [6.07, 6.45) is 9.00. The van der Waals surface area contributed by atoms with Gasteiger partial charge in [-0.15, -0.1) is 0 Å². The Hall–Kier alpha value is 1.58. The first-order valence-corrected chi connectivity index (χ1v) is 18.9. The molecule has 0 heterocycles. The van der Waals surface area contributed by atoms with Crippen molar-refractivity contribution in [3.05, 3.63) is 0 Å². The van der Waals surface area contributed by atoms with E-state index in [4.69, 9.17) is 19.2 Å². The zero-order valence-electron chi connectivity index (χ0n) is 63.5. The fourth-order valence-corrected chi connectivity index (χ4v) is 0. The Kier molecular flexibility index (Phi) is 2320. The van der Waals surface area contributed by atoms with Crippen LogP contribution in [-0.4, -0.2) is 305 Å². The van der Waals surface area contributed by atoms with Gasteiger partial charge in [0, 0.05) is 422 Å². The Morgan fingerprint density at radius 1 is 0.139 bits per heavy atom. The summed E-state index contributed by atoms with van der Waals surface area (Å²) in [5.74, 6) is 0. The summed E-state index contributed by atoms with van der Waals surface area (Å²) >= 11 is 0. The minimum atomic E-state index is -5.39. The predicted octanol–water partition coefficient (Wildman–Crippen LogP) is -10.7. The molecule has 0 aliphatic heterocycles. The molecule has 0 bridgehead atoms. The van der Waals surface area contributed by atoms with E-state index in [0.29, 0.717) is 0 Å². The molecule has 0 unspecified atom stereocenters. The van der Waals surface area contributed by atoms with Gasteiger partial charge >= 0.3 is 33.6 Å². The van der Waals surface area contributed by atoms with Gasteiger partial charge in [0.15, 0.2) is 0 Å². The smallest absolute Gasteiger partial charge is 2.00 e. The molecule has 0 radical (unpaired) electrons. The number of amides is 12. The van der Waals surface area contributed by atoms with Crippen LogP contribution < -0.4 is 14.7 Å². The summed E-state index contributed by atoms with van der Waals surface area (Å²) in [5.41, 5.74) is 0. The second-order valence-electron chi connectivity index (χ2n) is 13.3. The zero-order chi connectivity index (χ0) is 55.9. The molecule has 0 spiro atoms. The first-order chi connectivity index (χ1) is 29.2. The maximum atomic E-state index is 9.43. The molecule has 0 N–H and O–H groups in total. The Balaban J connectivity index is -0.00000000403. The quantitative estimate of drug-likeness (QED) is 0.129. The third kappa shape index (κ3) is 2280. The zero-order valence-corrected chi connectivity index (χ0v) is 102. The molecule has 0 atom stereocenters. The van der Waals surface area contributed by atoms with Gasteiger partial charge in [-0.05, 0) is 0 Å². The summed E-state index contributed by atoms with van der Waals surface area (Å²) in [7, 11) is 35.1. The molecule has 0 aliphatic rings. The molecule has 64 nitrogen and oxygen atoms in total. The van der Waals surface area contributed by atoms with Crippen LogP contribution in [0.25, 0.3) is 0 Å². The SMILES string of the molecule is CN(C)C=O.CN(C)C=O.CN(C)C=O.CN(C)C=O.CN(C)C=O.CN(C)C=O.CN(C)C=O.CN(C)C=O.CN(C)C=O.CN(C)C=O.CN(C)C=O.CN(C)C=O.O=P([O-])([O-])[O-].[Co+3].[Co+3].[O-2].[O-2].[O-2].[O-2].[O-2].[O-2].[O-2].[O-2].[O-2].[O-2].[O-2].[O-2].[O-2].[O-2].[O-2].[O-2].[O-2].[O-2].[O-2].[O-2].[O-2].[O-2].[O-2].[O-2].[O-2].[O-2].[O-2].[O-2].[O-2].[O-2].[O-2].[O-2].[O-2].[O-2].[O-2].[O-2].[W].[W].[W].[W].[W].[W].[W].[W].[W].[W].[W].[W]. The van der Waals surface area contributed by atoms with E-state index in [1.165, 1.54) is 58.8 Å². The molecule has 0 aromatic carbocycles. The van der Waals surface area contributed by atoms with Gasteiger partial charge in [-0.3, -0.25) is 57.5 Å². The molecule has 79 heteroatoms. The Morgan fingerprint density at radius 2 is 0.148 bits per heavy atom. The molecular formula is C36H84Co2N12O52PW12-69. The number of hydrogen-bond donors (Lipinski definition) is 0. The summed E-state index contributed by atoms with van der Waals surface area (Å²) < 4.78 is 8.55. The molecule has 0 rings (SSSR count). The van der Waals surface area contributed by atoms with Crippen molar-refractivity contribution in [1.82, 2.24) is 58.8 Å². The van der Waals surface area contributed by atoms with Gasteiger partial charge in [0.2, 0.25) is 76.9 Å². The second-order valence-corrected chi connectivity index (χ2v) is 14.2. The van der Waals surface area contributed by atoms with Crippen molar-refractivity contribution in [2.45, 2.75) is 0 Å². The minimum Gasteiger partial charge on any atom is -2.00 e. The molecule has 115 heavy (non-hydrogen) atoms. The molecule has 0 saturated heterocycles. The Labute approximate surface area is 863 Å². The van der Waals surface area contributed by atoms with Crippen LogP contribution >= 0.6 is 7.82 Å². The second kappa shape index (κ2) is 491. The minimum absolute atomic E-state index is 0. The topological polar surface area (TPSA) is 1360 Å². The molecule has 0 fully saturated rings. The van der Waals surface area contributed by atoms with E-state index in [2.05, 4.69) is 0 Å². The van der Waals surface area contributed by atoms with Gasteiger partial charge in [0.25, 0.3) is 0 Å². The van der Waals surface area contributed by atoms with E-state index in [1.807, 2.05) is 0 Å². The van der Waals surface area contributed by atoms with Crippen LogP contribution in [0.1, 0.15) is 0 Å². The van der Waals surface area contributed by atoms with E-state index >= 15 is 0 Å². The number of carbonyl (C=O) groups excluding carboxylic acids is 12. The van der Waals surface area contributed by atoms with E-state index in [1.54, 1.807) is 169 Å². The van der Waals surface area contributed by atoms with Crippen molar-refractivity contribution >= 4 is 84.7 Å². The van der Waals surface area contributed by atoms with Crippen LogP contribution in [0.5, 0.6) is 0 Å². The molecular weight excluding hydrogens is 3790 g/mol. The van der Waals surface area contributed by atoms with Gasteiger partial charge in [0.05, 0.1) is 0 Å². The van der Waals surface area contributed by atoms with Crippen LogP contribution in [-0.2, 0) is 546 Å². The van der Waals surface area contributed by atoms with Crippen molar-refractivity contribution in [2.75, 3.05) is 169 Å². The first-order valence-electron chi connectivity index (χ1n) is 17.4. The van der Waals surface area contributed by atoms with Gasteiger partial charge in [-0.2, -0.15) is 7.82 Å². The Bertz CT molecular complexity index is 933. The van der Waals surface area contributed by atoms with Crippen molar-refractivity contribution in [2.24, 2.45) is 0 Å². The third-order valence-corrected chi connectivity index (χ3v) is 2.53. The van der Waals surface area contributed by atoms with Gasteiger partial charge in [-0.25, -0.2) is 0 Å². The molecule has 764 valence electrons. The number of hydrogen-bond acceptors (Lipinski definition) is 16. The summed E-state index contributed by atoms with van der Waals surface area (Å²) in [4.78, 5) is 156. The number of carbonyl (C=O) groups is 12. The third-order valence-electron chi connectivity index (χ3n) is 2.53. The van der Waals surface area contributed by atoms with E-state index in [-0.39, 0.29) is 483 Å². The van der Waals surface area contributed by atoms with Gasteiger partial charge in [-0.1, -0.05) is 0 Å². The predicted molar refractivity (Wildman–Crippen MR) is 269 cm³/mol. The Morgan fingerprint density at radius 3 is 0.148 bits per heavy atom. The van der Waals surface area contributed by atoms with Crippen molar-refractivity contribution in [1.29, 1.82) is 0 Å². The maximum Gasteiger partial charge on any atom is 3.00 e. The average molecular weight is 3870 g/mol. The van der Waals surface area contributed by atoms with Crippen molar-refractivity contribution in [3.8, 4) is 0 Å². The molecule has 0 saturated carbocycles. The first kappa shape index (κ1) is 542. The van der Waals surface area contributed by atoms with Crippen LogP contribution in [0.15, 0.2) is 0 Å². The number of nitrogens with zero attached hydrogens (tertiary/aromatic N) is 12. The number of phosphoric acid groups is 1. The molecule has 0 aromatic rings. The van der Waals surface area contributed by atoms with E-state index in [9.17, 15) is 57.5 Å². The van der Waals surface area contributed by atoms with E-state index in [0.717, 1.165) is 76.9 Å². The fourth-order valence-electron chi connectivity index (χ4n) is 0.